The summed E-state index contributed by atoms with van der Waals surface area (Å²) in [7, 11) is 0. The predicted molar refractivity (Wildman–Crippen MR) is 108 cm³/mol. The fourth-order valence-electron chi connectivity index (χ4n) is 3.74. The second kappa shape index (κ2) is 7.82. The minimum atomic E-state index is -0.935. The van der Waals surface area contributed by atoms with Crippen LogP contribution in [0.15, 0.2) is 69.9 Å². The van der Waals surface area contributed by atoms with Crippen LogP contribution >= 0.6 is 11.6 Å². The third-order valence-electron chi connectivity index (χ3n) is 5.24. The van der Waals surface area contributed by atoms with Crippen LogP contribution in [-0.2, 0) is 6.42 Å². The number of rotatable bonds is 6. The molecule has 2 atom stereocenters. The molecule has 0 amide bonds. The van der Waals surface area contributed by atoms with Crippen molar-refractivity contribution in [3.05, 3.63) is 98.6 Å². The van der Waals surface area contributed by atoms with E-state index >= 15 is 0 Å². The molecular weight excluding hydrogens is 376 g/mol. The molecule has 4 nitrogen and oxygen atoms in total. The van der Waals surface area contributed by atoms with Crippen LogP contribution in [-0.4, -0.2) is 10.2 Å². The highest BCUT2D eigenvalue weighted by molar-refractivity contribution is 6.31. The van der Waals surface area contributed by atoms with Crippen molar-refractivity contribution in [2.45, 2.75) is 31.3 Å². The van der Waals surface area contributed by atoms with Crippen molar-refractivity contribution in [2.75, 3.05) is 0 Å². The number of aromatic hydroxyl groups is 1. The predicted octanol–water partition coefficient (Wildman–Crippen LogP) is 4.82. The summed E-state index contributed by atoms with van der Waals surface area (Å²) in [5, 5.41) is 21.6. The molecule has 28 heavy (non-hydrogen) atoms. The van der Waals surface area contributed by atoms with Gasteiger partial charge in [-0.2, -0.15) is 0 Å². The molecule has 0 bridgehead atoms. The topological polar surface area (TPSA) is 70.7 Å². The van der Waals surface area contributed by atoms with Crippen molar-refractivity contribution in [3.8, 4) is 5.75 Å². The zero-order chi connectivity index (χ0) is 19.7. The van der Waals surface area contributed by atoms with Gasteiger partial charge in [-0.3, -0.25) is 0 Å². The van der Waals surface area contributed by atoms with Crippen LogP contribution in [0.3, 0.4) is 0 Å². The van der Waals surface area contributed by atoms with Gasteiger partial charge in [-0.25, -0.2) is 4.79 Å². The Morgan fingerprint density at radius 1 is 1.07 bits per heavy atom. The molecule has 0 aliphatic heterocycles. The van der Waals surface area contributed by atoms with Crippen molar-refractivity contribution in [3.63, 3.8) is 0 Å². The highest BCUT2D eigenvalue weighted by Gasteiger charge is 2.37. The average molecular weight is 397 g/mol. The minimum Gasteiger partial charge on any atom is -0.507 e. The molecule has 1 heterocycles. The van der Waals surface area contributed by atoms with E-state index in [1.165, 1.54) is 6.07 Å². The van der Waals surface area contributed by atoms with Gasteiger partial charge in [-0.1, -0.05) is 60.1 Å². The number of aliphatic hydroxyl groups is 1. The van der Waals surface area contributed by atoms with E-state index in [-0.39, 0.29) is 23.8 Å². The summed E-state index contributed by atoms with van der Waals surface area (Å²) in [5.74, 6) is 0.287. The molecule has 0 radical (unpaired) electrons. The molecule has 2 N–H and O–H groups in total. The Hall–Kier alpha value is -2.56. The highest BCUT2D eigenvalue weighted by Crippen LogP contribution is 2.47. The van der Waals surface area contributed by atoms with Gasteiger partial charge in [-0.05, 0) is 36.0 Å². The first-order valence-electron chi connectivity index (χ1n) is 9.38. The second-order valence-electron chi connectivity index (χ2n) is 7.27. The maximum Gasteiger partial charge on any atom is 0.343 e. The van der Waals surface area contributed by atoms with Crippen LogP contribution in [0.4, 0.5) is 0 Å². The summed E-state index contributed by atoms with van der Waals surface area (Å²) in [6, 6.07) is 18.1. The lowest BCUT2D eigenvalue weighted by molar-refractivity contribution is 0.168. The molecule has 2 aromatic carbocycles. The lowest BCUT2D eigenvalue weighted by atomic mass is 9.87. The normalized spacial score (nSPS) is 15.9. The molecule has 1 aromatic heterocycles. The van der Waals surface area contributed by atoms with Gasteiger partial charge < -0.3 is 14.6 Å². The maximum atomic E-state index is 12.8. The van der Waals surface area contributed by atoms with E-state index in [2.05, 4.69) is 0 Å². The quantitative estimate of drug-likeness (QED) is 0.626. The Morgan fingerprint density at radius 3 is 2.39 bits per heavy atom. The van der Waals surface area contributed by atoms with Crippen LogP contribution in [0.25, 0.3) is 0 Å². The van der Waals surface area contributed by atoms with Crippen LogP contribution in [0.5, 0.6) is 5.75 Å². The summed E-state index contributed by atoms with van der Waals surface area (Å²) in [5.41, 5.74) is 1.29. The van der Waals surface area contributed by atoms with E-state index in [0.29, 0.717) is 22.1 Å². The number of halogens is 1. The van der Waals surface area contributed by atoms with Crippen LogP contribution < -0.4 is 5.63 Å². The van der Waals surface area contributed by atoms with E-state index < -0.39 is 11.7 Å². The Balaban J connectivity index is 1.65. The Bertz CT molecular complexity index is 1020. The van der Waals surface area contributed by atoms with Crippen molar-refractivity contribution in [1.82, 2.24) is 0 Å². The molecular formula is C23H21ClO4. The second-order valence-corrected chi connectivity index (χ2v) is 7.67. The van der Waals surface area contributed by atoms with Gasteiger partial charge >= 0.3 is 5.63 Å². The van der Waals surface area contributed by atoms with Crippen molar-refractivity contribution in [1.29, 1.82) is 0 Å². The van der Waals surface area contributed by atoms with E-state index in [4.69, 9.17) is 16.0 Å². The summed E-state index contributed by atoms with van der Waals surface area (Å²) >= 11 is 6.12. The molecule has 3 aromatic rings. The van der Waals surface area contributed by atoms with Crippen LogP contribution in [0.2, 0.25) is 5.02 Å². The monoisotopic (exact) mass is 396 g/mol. The average Bonchev–Trinajstić information content (AvgIpc) is 3.50. The molecule has 0 spiro atoms. The molecule has 1 saturated carbocycles. The largest absolute Gasteiger partial charge is 0.507 e. The summed E-state index contributed by atoms with van der Waals surface area (Å²) < 4.78 is 5.48. The van der Waals surface area contributed by atoms with Gasteiger partial charge in [0.1, 0.15) is 11.5 Å². The SMILES string of the molecule is O=c1oc(CC(O)c2ccccc2Cl)cc(O)c1C(c1ccccc1)C1CC1. The third-order valence-corrected chi connectivity index (χ3v) is 5.58. The Morgan fingerprint density at radius 2 is 1.75 bits per heavy atom. The highest BCUT2D eigenvalue weighted by atomic mass is 35.5. The molecule has 4 rings (SSSR count). The summed E-state index contributed by atoms with van der Waals surface area (Å²) in [6.07, 6.45) is 1.15. The smallest absolute Gasteiger partial charge is 0.343 e. The zero-order valence-corrected chi connectivity index (χ0v) is 16.0. The van der Waals surface area contributed by atoms with Gasteiger partial charge in [0.2, 0.25) is 0 Å². The van der Waals surface area contributed by atoms with Crippen LogP contribution in [0, 0.1) is 5.92 Å². The van der Waals surface area contributed by atoms with Crippen molar-refractivity contribution < 1.29 is 14.6 Å². The molecule has 0 saturated heterocycles. The van der Waals surface area contributed by atoms with E-state index in [0.717, 1.165) is 18.4 Å². The molecule has 1 aliphatic rings. The zero-order valence-electron chi connectivity index (χ0n) is 15.2. The van der Waals surface area contributed by atoms with E-state index in [1.54, 1.807) is 24.3 Å². The lowest BCUT2D eigenvalue weighted by Gasteiger charge is -2.18. The molecule has 5 heteroatoms. The molecule has 144 valence electrons. The fourth-order valence-corrected chi connectivity index (χ4v) is 4.00. The first-order chi connectivity index (χ1) is 13.5. The van der Waals surface area contributed by atoms with Gasteiger partial charge in [-0.15, -0.1) is 0 Å². The third kappa shape index (κ3) is 3.84. The number of benzene rings is 2. The van der Waals surface area contributed by atoms with Crippen molar-refractivity contribution in [2.24, 2.45) is 5.92 Å². The summed E-state index contributed by atoms with van der Waals surface area (Å²) in [4.78, 5) is 12.8. The molecule has 1 fully saturated rings. The van der Waals surface area contributed by atoms with E-state index in [9.17, 15) is 15.0 Å². The van der Waals surface area contributed by atoms with Crippen LogP contribution in [0.1, 0.15) is 47.3 Å². The number of hydrogen-bond acceptors (Lipinski definition) is 4. The minimum absolute atomic E-state index is 0.0479. The van der Waals surface area contributed by atoms with Gasteiger partial charge in [0.25, 0.3) is 0 Å². The van der Waals surface area contributed by atoms with Gasteiger partial charge in [0.05, 0.1) is 11.7 Å². The van der Waals surface area contributed by atoms with Gasteiger partial charge in [0.15, 0.2) is 0 Å². The summed E-state index contributed by atoms with van der Waals surface area (Å²) in [6.45, 7) is 0. The Labute approximate surface area is 168 Å². The van der Waals surface area contributed by atoms with Crippen molar-refractivity contribution >= 4 is 11.6 Å². The Kier molecular flexibility index (Phi) is 5.25. The molecule has 1 aliphatic carbocycles. The first kappa shape index (κ1) is 18.8. The standard InChI is InChI=1S/C23H21ClO4/c24-18-9-5-4-8-17(18)19(25)12-16-13-20(26)22(23(27)28-16)21(15-10-11-15)14-6-2-1-3-7-14/h1-9,13,15,19,21,25-26H,10-12H2. The van der Waals surface area contributed by atoms with E-state index in [1.807, 2.05) is 30.3 Å². The van der Waals surface area contributed by atoms with Gasteiger partial charge in [0, 0.05) is 23.4 Å². The number of hydrogen-bond donors (Lipinski definition) is 2. The molecule has 2 unspecified atom stereocenters. The maximum absolute atomic E-state index is 12.8. The fraction of sp³-hybridized carbons (Fsp3) is 0.261. The number of aliphatic hydroxyl groups excluding tert-OH is 1. The lowest BCUT2D eigenvalue weighted by Crippen LogP contribution is -2.17. The first-order valence-corrected chi connectivity index (χ1v) is 9.75.